The first-order valence-electron chi connectivity index (χ1n) is 4.55. The number of hydrogen-bond acceptors (Lipinski definition) is 2. The molecule has 1 rings (SSSR count). The van der Waals surface area contributed by atoms with E-state index in [-0.39, 0.29) is 11.7 Å². The smallest absolute Gasteiger partial charge is 0.166 e. The summed E-state index contributed by atoms with van der Waals surface area (Å²) in [4.78, 5) is 11.8. The molecule has 0 aromatic rings. The molecule has 0 amide bonds. The van der Waals surface area contributed by atoms with Crippen LogP contribution >= 0.6 is 22.9 Å². The zero-order valence-electron chi connectivity index (χ0n) is 8.22. The Morgan fingerprint density at radius 1 is 1.79 bits per heavy atom. The molecule has 1 aliphatic carbocycles. The van der Waals surface area contributed by atoms with Crippen molar-refractivity contribution in [1.29, 1.82) is 0 Å². The van der Waals surface area contributed by atoms with E-state index >= 15 is 0 Å². The Balaban J connectivity index is 2.56. The van der Waals surface area contributed by atoms with Gasteiger partial charge in [0.25, 0.3) is 0 Å². The van der Waals surface area contributed by atoms with Crippen LogP contribution in [0.5, 0.6) is 0 Å². The molecule has 3 heteroatoms. The first-order valence-corrected chi connectivity index (χ1v) is 5.63. The van der Waals surface area contributed by atoms with Gasteiger partial charge in [0.2, 0.25) is 0 Å². The summed E-state index contributed by atoms with van der Waals surface area (Å²) in [5, 5.41) is 0. The van der Waals surface area contributed by atoms with E-state index in [1.807, 2.05) is 41.9 Å². The average molecular weight is 303 g/mol. The molecule has 1 N–H and O–H groups in total. The summed E-state index contributed by atoms with van der Waals surface area (Å²) >= 11 is 2.02. The van der Waals surface area contributed by atoms with Crippen LogP contribution in [-0.4, -0.2) is 12.3 Å². The van der Waals surface area contributed by atoms with Crippen molar-refractivity contribution in [3.63, 3.8) is 0 Å². The van der Waals surface area contributed by atoms with Gasteiger partial charge in [-0.25, -0.2) is 0 Å². The zero-order valence-corrected chi connectivity index (χ0v) is 10.4. The maximum atomic E-state index is 11.8. The van der Waals surface area contributed by atoms with Gasteiger partial charge in [0.05, 0.1) is 0 Å². The molecule has 2 nitrogen and oxygen atoms in total. The molecule has 0 aromatic heterocycles. The van der Waals surface area contributed by atoms with Crippen molar-refractivity contribution in [2.45, 2.75) is 13.3 Å². The van der Waals surface area contributed by atoms with Gasteiger partial charge in [0.1, 0.15) is 0 Å². The lowest BCUT2D eigenvalue weighted by Crippen LogP contribution is -2.20. The second kappa shape index (κ2) is 5.46. The van der Waals surface area contributed by atoms with Gasteiger partial charge in [-0.05, 0) is 13.3 Å². The van der Waals surface area contributed by atoms with Gasteiger partial charge in [0.15, 0.2) is 5.78 Å². The molecule has 0 radical (unpaired) electrons. The minimum absolute atomic E-state index is 0.00375. The Morgan fingerprint density at radius 2 is 2.50 bits per heavy atom. The number of nitrogens with one attached hydrogen (secondary N) is 1. The maximum absolute atomic E-state index is 11.8. The standard InChI is InChI=1S/C11H14INO/c1-8-3-5-10(6-4-8)11(14)9(2)7-13-12/h3-5,10,13H,2,6-7H2,1H3. The topological polar surface area (TPSA) is 29.1 Å². The third kappa shape index (κ3) is 3.06. The fourth-order valence-electron chi connectivity index (χ4n) is 1.35. The molecule has 1 unspecified atom stereocenters. The van der Waals surface area contributed by atoms with Crippen LogP contribution < -0.4 is 3.53 Å². The van der Waals surface area contributed by atoms with Crippen LogP contribution in [0.1, 0.15) is 13.3 Å². The van der Waals surface area contributed by atoms with E-state index in [4.69, 9.17) is 0 Å². The summed E-state index contributed by atoms with van der Waals surface area (Å²) in [6, 6.07) is 0. The Hall–Kier alpha value is -0.420. The van der Waals surface area contributed by atoms with E-state index in [1.165, 1.54) is 5.57 Å². The molecule has 0 bridgehead atoms. The fraction of sp³-hybridized carbons (Fsp3) is 0.364. The van der Waals surface area contributed by atoms with E-state index in [2.05, 4.69) is 16.2 Å². The minimum atomic E-state index is -0.00375. The molecule has 0 saturated carbocycles. The van der Waals surface area contributed by atoms with Gasteiger partial charge in [0, 0.05) is 40.9 Å². The zero-order chi connectivity index (χ0) is 10.6. The van der Waals surface area contributed by atoms with Crippen LogP contribution in [0.4, 0.5) is 0 Å². The average Bonchev–Trinajstić information content (AvgIpc) is 2.18. The third-order valence-electron chi connectivity index (χ3n) is 2.25. The first kappa shape index (κ1) is 11.7. The summed E-state index contributed by atoms with van der Waals surface area (Å²) in [7, 11) is 0. The van der Waals surface area contributed by atoms with Gasteiger partial charge in [-0.3, -0.25) is 8.32 Å². The Morgan fingerprint density at radius 3 is 3.00 bits per heavy atom. The fourth-order valence-corrected chi connectivity index (χ4v) is 1.81. The predicted octanol–water partition coefficient (Wildman–Crippen LogP) is 2.57. The predicted molar refractivity (Wildman–Crippen MR) is 67.2 cm³/mol. The highest BCUT2D eigenvalue weighted by atomic mass is 127. The van der Waals surface area contributed by atoms with Crippen molar-refractivity contribution in [3.8, 4) is 0 Å². The number of allylic oxidation sites excluding steroid dienone is 4. The molecular weight excluding hydrogens is 289 g/mol. The van der Waals surface area contributed by atoms with E-state index in [0.29, 0.717) is 12.1 Å². The monoisotopic (exact) mass is 303 g/mol. The maximum Gasteiger partial charge on any atom is 0.166 e. The molecule has 1 aliphatic rings. The summed E-state index contributed by atoms with van der Waals surface area (Å²) in [6.07, 6.45) is 6.86. The molecular formula is C11H14INO. The van der Waals surface area contributed by atoms with E-state index in [1.54, 1.807) is 0 Å². The molecule has 14 heavy (non-hydrogen) atoms. The number of carbonyl (C=O) groups excluding carboxylic acids is 1. The Bertz CT molecular complexity index is 304. The minimum Gasteiger partial charge on any atom is -0.294 e. The van der Waals surface area contributed by atoms with Crippen molar-refractivity contribution < 1.29 is 4.79 Å². The SMILES string of the molecule is C=C(CNI)C(=O)C1C=CC(C)=CC1. The molecule has 76 valence electrons. The highest BCUT2D eigenvalue weighted by Gasteiger charge is 2.18. The summed E-state index contributed by atoms with van der Waals surface area (Å²) in [6.45, 7) is 6.37. The van der Waals surface area contributed by atoms with E-state index in [9.17, 15) is 4.79 Å². The summed E-state index contributed by atoms with van der Waals surface area (Å²) in [5.41, 5.74) is 1.88. The van der Waals surface area contributed by atoms with Crippen LogP contribution in [-0.2, 0) is 4.79 Å². The van der Waals surface area contributed by atoms with Crippen molar-refractivity contribution in [2.75, 3.05) is 6.54 Å². The summed E-state index contributed by atoms with van der Waals surface area (Å²) in [5.74, 6) is 0.144. The van der Waals surface area contributed by atoms with Crippen LogP contribution in [0, 0.1) is 5.92 Å². The van der Waals surface area contributed by atoms with E-state index < -0.39 is 0 Å². The Labute approximate surface area is 98.6 Å². The second-order valence-corrected chi connectivity index (χ2v) is 4.19. The highest BCUT2D eigenvalue weighted by Crippen LogP contribution is 2.19. The third-order valence-corrected chi connectivity index (χ3v) is 2.63. The number of hydrogen-bond donors (Lipinski definition) is 1. The lowest BCUT2D eigenvalue weighted by atomic mass is 9.90. The number of rotatable bonds is 4. The van der Waals surface area contributed by atoms with Gasteiger partial charge < -0.3 is 0 Å². The van der Waals surface area contributed by atoms with Gasteiger partial charge >= 0.3 is 0 Å². The molecule has 0 saturated heterocycles. The van der Waals surface area contributed by atoms with Crippen molar-refractivity contribution in [1.82, 2.24) is 3.53 Å². The lowest BCUT2D eigenvalue weighted by molar-refractivity contribution is -0.117. The van der Waals surface area contributed by atoms with E-state index in [0.717, 1.165) is 6.42 Å². The number of Topliss-reactive ketones (excluding diaryl/α,β-unsaturated/α-hetero) is 1. The van der Waals surface area contributed by atoms with Crippen LogP contribution in [0.3, 0.4) is 0 Å². The van der Waals surface area contributed by atoms with Crippen LogP contribution in [0.25, 0.3) is 0 Å². The van der Waals surface area contributed by atoms with Crippen molar-refractivity contribution in [3.05, 3.63) is 36.0 Å². The highest BCUT2D eigenvalue weighted by molar-refractivity contribution is 14.1. The molecule has 0 spiro atoms. The van der Waals surface area contributed by atoms with Gasteiger partial charge in [-0.15, -0.1) is 0 Å². The lowest BCUT2D eigenvalue weighted by Gasteiger charge is -2.14. The first-order chi connectivity index (χ1) is 6.65. The molecule has 1 atom stereocenters. The second-order valence-electron chi connectivity index (χ2n) is 3.43. The number of halogens is 1. The number of ketones is 1. The normalized spacial score (nSPS) is 20.4. The number of carbonyl (C=O) groups is 1. The van der Waals surface area contributed by atoms with Gasteiger partial charge in [-0.1, -0.05) is 30.4 Å². The molecule has 0 aromatic carbocycles. The molecule has 0 aliphatic heterocycles. The van der Waals surface area contributed by atoms with Crippen LogP contribution in [0.2, 0.25) is 0 Å². The van der Waals surface area contributed by atoms with Gasteiger partial charge in [-0.2, -0.15) is 0 Å². The largest absolute Gasteiger partial charge is 0.294 e. The Kier molecular flexibility index (Phi) is 4.54. The van der Waals surface area contributed by atoms with Crippen molar-refractivity contribution >= 4 is 28.6 Å². The van der Waals surface area contributed by atoms with Crippen molar-refractivity contribution in [2.24, 2.45) is 5.92 Å². The quantitative estimate of drug-likeness (QED) is 0.491. The molecule has 0 fully saturated rings. The summed E-state index contributed by atoms with van der Waals surface area (Å²) < 4.78 is 2.91. The molecule has 0 heterocycles. The van der Waals surface area contributed by atoms with Crippen LogP contribution in [0.15, 0.2) is 36.0 Å².